The smallest absolute Gasteiger partial charge is 0.326 e. The number of nitrogens with zero attached hydrogens (tertiary/aromatic N) is 2. The van der Waals surface area contributed by atoms with Crippen LogP contribution in [0.25, 0.3) is 10.9 Å². The fourth-order valence-corrected chi connectivity index (χ4v) is 4.29. The lowest BCUT2D eigenvalue weighted by atomic mass is 10.2. The minimum Gasteiger partial charge on any atom is -0.395 e. The van der Waals surface area contributed by atoms with Crippen molar-refractivity contribution in [1.29, 1.82) is 0 Å². The van der Waals surface area contributed by atoms with Crippen LogP contribution in [-0.2, 0) is 6.54 Å². The van der Waals surface area contributed by atoms with E-state index in [9.17, 15) is 14.3 Å². The first-order chi connectivity index (χ1) is 16.6. The highest BCUT2D eigenvalue weighted by Crippen LogP contribution is 2.18. The number of carbonyl (C=O) groups excluding carboxylic acids is 1. The summed E-state index contributed by atoms with van der Waals surface area (Å²) in [5.41, 5.74) is 2.77. The van der Waals surface area contributed by atoms with E-state index in [1.807, 2.05) is 59.5 Å². The molecule has 4 aromatic rings. The number of hydrogen-bond donors (Lipinski definition) is 3. The van der Waals surface area contributed by atoms with Gasteiger partial charge in [0, 0.05) is 48.3 Å². The van der Waals surface area contributed by atoms with Crippen molar-refractivity contribution < 1.29 is 14.3 Å². The van der Waals surface area contributed by atoms with Gasteiger partial charge >= 0.3 is 6.03 Å². The van der Waals surface area contributed by atoms with Gasteiger partial charge in [-0.15, -0.1) is 0 Å². The van der Waals surface area contributed by atoms with Crippen LogP contribution in [0.1, 0.15) is 5.56 Å². The molecule has 0 aliphatic heterocycles. The summed E-state index contributed by atoms with van der Waals surface area (Å²) in [6.07, 6.45) is 1.78. The topological polar surface area (TPSA) is 69.5 Å². The van der Waals surface area contributed by atoms with Crippen molar-refractivity contribution in [1.82, 2.24) is 14.6 Å². The van der Waals surface area contributed by atoms with Gasteiger partial charge in [-0.2, -0.15) is 0 Å². The second kappa shape index (κ2) is 11.7. The molecule has 34 heavy (non-hydrogen) atoms. The first kappa shape index (κ1) is 23.8. The Morgan fingerprint density at radius 1 is 0.971 bits per heavy atom. The molecule has 6 nitrogen and oxygen atoms in total. The maximum atomic E-state index is 13.2. The summed E-state index contributed by atoms with van der Waals surface area (Å²) in [5, 5.41) is 13.3. The number of amides is 1. The van der Waals surface area contributed by atoms with Gasteiger partial charge in [-0.05, 0) is 66.0 Å². The lowest BCUT2D eigenvalue weighted by molar-refractivity contribution is 0.243. The van der Waals surface area contributed by atoms with Crippen LogP contribution in [0.15, 0.2) is 90.0 Å². The monoisotopic (exact) mass is 478 g/mol. The summed E-state index contributed by atoms with van der Waals surface area (Å²) >= 11 is 1.52. The fourth-order valence-electron chi connectivity index (χ4n) is 3.66. The van der Waals surface area contributed by atoms with Crippen molar-refractivity contribution in [2.24, 2.45) is 0 Å². The van der Waals surface area contributed by atoms with Gasteiger partial charge in [0.15, 0.2) is 0 Å². The van der Waals surface area contributed by atoms with Gasteiger partial charge in [-0.3, -0.25) is 9.29 Å². The molecule has 0 aliphatic rings. The lowest BCUT2D eigenvalue weighted by Gasteiger charge is -2.24. The van der Waals surface area contributed by atoms with Crippen molar-refractivity contribution in [2.75, 3.05) is 31.1 Å². The molecule has 0 saturated heterocycles. The van der Waals surface area contributed by atoms with Crippen LogP contribution >= 0.6 is 11.9 Å². The number of halogens is 1. The van der Waals surface area contributed by atoms with Crippen LogP contribution < -0.4 is 14.9 Å². The van der Waals surface area contributed by atoms with E-state index >= 15 is 0 Å². The van der Waals surface area contributed by atoms with Crippen LogP contribution in [0, 0.1) is 5.82 Å². The Hall–Kier alpha value is -3.33. The Morgan fingerprint density at radius 2 is 1.74 bits per heavy atom. The fraction of sp³-hybridized carbons (Fsp3) is 0.192. The maximum absolute atomic E-state index is 13.2. The Morgan fingerprint density at radius 3 is 2.50 bits per heavy atom. The summed E-state index contributed by atoms with van der Waals surface area (Å²) in [5.74, 6) is -0.275. The van der Waals surface area contributed by atoms with E-state index in [4.69, 9.17) is 0 Å². The highest BCUT2D eigenvalue weighted by molar-refractivity contribution is 7.97. The van der Waals surface area contributed by atoms with E-state index in [0.29, 0.717) is 26.2 Å². The Balaban J connectivity index is 1.22. The molecule has 0 bridgehead atoms. The largest absolute Gasteiger partial charge is 0.395 e. The molecule has 1 heterocycles. The summed E-state index contributed by atoms with van der Waals surface area (Å²) < 4.78 is 18.1. The quantitative estimate of drug-likeness (QED) is 0.229. The molecule has 0 spiro atoms. The Labute approximate surface area is 202 Å². The van der Waals surface area contributed by atoms with Gasteiger partial charge in [-0.1, -0.05) is 30.3 Å². The van der Waals surface area contributed by atoms with Gasteiger partial charge in [-0.25, -0.2) is 9.18 Å². The van der Waals surface area contributed by atoms with Crippen molar-refractivity contribution in [3.63, 3.8) is 0 Å². The van der Waals surface area contributed by atoms with Crippen LogP contribution in [-0.4, -0.2) is 41.9 Å². The van der Waals surface area contributed by atoms with Gasteiger partial charge < -0.3 is 15.3 Å². The average molecular weight is 479 g/mol. The van der Waals surface area contributed by atoms with E-state index in [0.717, 1.165) is 27.0 Å². The number of aliphatic hydroxyl groups is 1. The summed E-state index contributed by atoms with van der Waals surface area (Å²) in [4.78, 5) is 15.6. The van der Waals surface area contributed by atoms with Crippen molar-refractivity contribution in [3.8, 4) is 0 Å². The molecule has 0 aliphatic carbocycles. The average Bonchev–Trinajstić information content (AvgIpc) is 3.30. The van der Waals surface area contributed by atoms with Crippen LogP contribution in [0.5, 0.6) is 0 Å². The Kier molecular flexibility index (Phi) is 8.19. The minimum absolute atomic E-state index is 0.0308. The predicted molar refractivity (Wildman–Crippen MR) is 136 cm³/mol. The molecule has 0 unspecified atom stereocenters. The molecule has 0 fully saturated rings. The SMILES string of the molecule is O=C(NCc1ccc(SNCCN(CCO)c2ccc(F)cc2)cc1)n1ccc2ccccc21. The predicted octanol–water partition coefficient (Wildman–Crippen LogP) is 4.63. The highest BCUT2D eigenvalue weighted by Gasteiger charge is 2.08. The van der Waals surface area contributed by atoms with Crippen molar-refractivity contribution >= 4 is 34.6 Å². The summed E-state index contributed by atoms with van der Waals surface area (Å²) in [6, 6.07) is 23.8. The third-order valence-electron chi connectivity index (χ3n) is 5.42. The number of hydrogen-bond acceptors (Lipinski definition) is 5. The zero-order valence-electron chi connectivity index (χ0n) is 18.7. The number of para-hydroxylation sites is 1. The molecule has 176 valence electrons. The highest BCUT2D eigenvalue weighted by atomic mass is 32.2. The van der Waals surface area contributed by atoms with E-state index in [1.54, 1.807) is 22.9 Å². The number of rotatable bonds is 10. The molecule has 0 radical (unpaired) electrons. The van der Waals surface area contributed by atoms with Crippen molar-refractivity contribution in [2.45, 2.75) is 11.4 Å². The number of aliphatic hydroxyl groups excluding tert-OH is 1. The second-order valence-electron chi connectivity index (χ2n) is 7.73. The summed E-state index contributed by atoms with van der Waals surface area (Å²) in [7, 11) is 0. The standard InChI is InChI=1S/C26H27FN4O2S/c27-22-7-9-23(10-8-22)30(17-18-32)16-14-29-34-24-11-5-20(6-12-24)19-28-26(33)31-15-13-21-3-1-2-4-25(21)31/h1-13,15,29,32H,14,16-19H2,(H,28,33). The molecule has 1 aromatic heterocycles. The van der Waals surface area contributed by atoms with Gasteiger partial charge in [0.2, 0.25) is 0 Å². The van der Waals surface area contributed by atoms with Crippen LogP contribution in [0.3, 0.4) is 0 Å². The molecule has 0 saturated carbocycles. The minimum atomic E-state index is -0.275. The zero-order chi connectivity index (χ0) is 23.8. The normalized spacial score (nSPS) is 11.0. The number of carbonyl (C=O) groups is 1. The molecule has 3 N–H and O–H groups in total. The lowest BCUT2D eigenvalue weighted by Crippen LogP contribution is -2.32. The number of benzene rings is 3. The molecule has 3 aromatic carbocycles. The van der Waals surface area contributed by atoms with E-state index in [-0.39, 0.29) is 18.5 Å². The molecule has 0 atom stereocenters. The number of aromatic nitrogens is 1. The number of nitrogens with one attached hydrogen (secondary N) is 2. The van der Waals surface area contributed by atoms with Gasteiger partial charge in [0.25, 0.3) is 0 Å². The van der Waals surface area contributed by atoms with E-state index < -0.39 is 0 Å². The molecule has 4 rings (SSSR count). The molecule has 8 heteroatoms. The number of anilines is 1. The third-order valence-corrected chi connectivity index (χ3v) is 6.28. The summed E-state index contributed by atoms with van der Waals surface area (Å²) in [6.45, 7) is 2.32. The Bertz CT molecular complexity index is 1210. The van der Waals surface area contributed by atoms with Crippen LogP contribution in [0.2, 0.25) is 0 Å². The zero-order valence-corrected chi connectivity index (χ0v) is 19.5. The molecule has 1 amide bonds. The van der Waals surface area contributed by atoms with Crippen LogP contribution in [0.4, 0.5) is 14.9 Å². The third kappa shape index (κ3) is 6.17. The van der Waals surface area contributed by atoms with Crippen molar-refractivity contribution in [3.05, 3.63) is 96.4 Å². The first-order valence-electron chi connectivity index (χ1n) is 11.1. The van der Waals surface area contributed by atoms with E-state index in [1.165, 1.54) is 24.1 Å². The first-order valence-corrected chi connectivity index (χ1v) is 11.9. The van der Waals surface area contributed by atoms with Gasteiger partial charge in [0.1, 0.15) is 5.82 Å². The van der Waals surface area contributed by atoms with E-state index in [2.05, 4.69) is 10.0 Å². The molecular formula is C26H27FN4O2S. The molecular weight excluding hydrogens is 451 g/mol. The second-order valence-corrected chi connectivity index (χ2v) is 8.69. The van der Waals surface area contributed by atoms with Gasteiger partial charge in [0.05, 0.1) is 12.1 Å². The number of fused-ring (bicyclic) bond motifs is 1. The maximum Gasteiger partial charge on any atom is 0.326 e.